The van der Waals surface area contributed by atoms with Gasteiger partial charge in [0.15, 0.2) is 5.78 Å². The molecule has 0 amide bonds. The lowest BCUT2D eigenvalue weighted by Crippen LogP contribution is -2.18. The van der Waals surface area contributed by atoms with Gasteiger partial charge in [0.1, 0.15) is 0 Å². The minimum atomic E-state index is -0.406. The number of H-pyrrole nitrogens is 1. The maximum atomic E-state index is 13.3. The van der Waals surface area contributed by atoms with Crippen molar-refractivity contribution in [3.63, 3.8) is 0 Å². The average molecular weight is 481 g/mol. The van der Waals surface area contributed by atoms with E-state index in [2.05, 4.69) is 25.9 Å². The maximum Gasteiger partial charge on any atom is 0.260 e. The highest BCUT2D eigenvalue weighted by Crippen LogP contribution is 2.31. The van der Waals surface area contributed by atoms with Crippen LogP contribution >= 0.6 is 15.9 Å². The summed E-state index contributed by atoms with van der Waals surface area (Å²) in [4.78, 5) is 33.5. The quantitative estimate of drug-likeness (QED) is 0.239. The molecule has 4 nitrogen and oxygen atoms in total. The van der Waals surface area contributed by atoms with Crippen LogP contribution in [0.25, 0.3) is 39.0 Å². The lowest BCUT2D eigenvalue weighted by Gasteiger charge is -2.12. The number of hydrogen-bond donors (Lipinski definition) is 1. The van der Waals surface area contributed by atoms with Crippen LogP contribution in [-0.4, -0.2) is 15.8 Å². The molecule has 5 heteroatoms. The predicted octanol–water partition coefficient (Wildman–Crippen LogP) is 6.40. The molecule has 5 aromatic rings. The van der Waals surface area contributed by atoms with Gasteiger partial charge in [-0.15, -0.1) is 0 Å². The molecule has 0 aliphatic rings. The fourth-order valence-electron chi connectivity index (χ4n) is 3.86. The van der Waals surface area contributed by atoms with Crippen molar-refractivity contribution in [3.8, 4) is 11.1 Å². The molecule has 0 saturated heterocycles. The number of aromatic amines is 1. The van der Waals surface area contributed by atoms with E-state index in [9.17, 15) is 9.59 Å². The number of benzene rings is 3. The highest BCUT2D eigenvalue weighted by Gasteiger charge is 2.19. The Morgan fingerprint density at radius 2 is 1.78 bits per heavy atom. The Morgan fingerprint density at radius 3 is 2.62 bits per heavy atom. The molecule has 1 N–H and O–H groups in total. The summed E-state index contributed by atoms with van der Waals surface area (Å²) in [5.74, 6) is -0.349. The van der Waals surface area contributed by atoms with E-state index in [1.54, 1.807) is 12.3 Å². The Morgan fingerprint density at radius 1 is 0.938 bits per heavy atom. The number of allylic oxidation sites excluding steroid dienone is 1. The molecule has 2 aromatic heterocycles. The molecule has 3 aromatic carbocycles. The molecular weight excluding hydrogens is 464 g/mol. The van der Waals surface area contributed by atoms with Gasteiger partial charge in [-0.25, -0.2) is 0 Å². The number of pyridine rings is 2. The van der Waals surface area contributed by atoms with Crippen molar-refractivity contribution in [2.24, 2.45) is 0 Å². The molecule has 0 bridgehead atoms. The number of fused-ring (bicyclic) bond motifs is 2. The third-order valence-electron chi connectivity index (χ3n) is 5.34. The van der Waals surface area contributed by atoms with Crippen molar-refractivity contribution >= 4 is 49.6 Å². The molecule has 0 aliphatic carbocycles. The fraction of sp³-hybridized carbons (Fsp3) is 0. The van der Waals surface area contributed by atoms with E-state index >= 15 is 0 Å². The van der Waals surface area contributed by atoms with Gasteiger partial charge >= 0.3 is 0 Å². The summed E-state index contributed by atoms with van der Waals surface area (Å²) in [5, 5.41) is 1.79. The third kappa shape index (κ3) is 3.79. The van der Waals surface area contributed by atoms with Crippen LogP contribution in [0.15, 0.2) is 100 Å². The van der Waals surface area contributed by atoms with Crippen molar-refractivity contribution in [2.45, 2.75) is 0 Å². The van der Waals surface area contributed by atoms with Gasteiger partial charge in [-0.2, -0.15) is 0 Å². The number of rotatable bonds is 4. The van der Waals surface area contributed by atoms with Crippen molar-refractivity contribution in [3.05, 3.63) is 117 Å². The molecule has 0 saturated carbocycles. The summed E-state index contributed by atoms with van der Waals surface area (Å²) in [5.41, 5.74) is 3.59. The molecule has 5 rings (SSSR count). The molecule has 0 atom stereocenters. The maximum absolute atomic E-state index is 13.3. The molecule has 0 aliphatic heterocycles. The normalized spacial score (nSPS) is 11.4. The van der Waals surface area contributed by atoms with Crippen molar-refractivity contribution in [1.82, 2.24) is 9.97 Å². The molecule has 0 radical (unpaired) electrons. The topological polar surface area (TPSA) is 62.8 Å². The molecule has 0 unspecified atom stereocenters. The van der Waals surface area contributed by atoms with Gasteiger partial charge in [0.2, 0.25) is 0 Å². The van der Waals surface area contributed by atoms with Crippen LogP contribution in [0.5, 0.6) is 0 Å². The van der Waals surface area contributed by atoms with Gasteiger partial charge in [-0.05, 0) is 53.6 Å². The van der Waals surface area contributed by atoms with Crippen molar-refractivity contribution < 1.29 is 4.79 Å². The first-order valence-electron chi connectivity index (χ1n) is 10.1. The number of nitrogens with zero attached hydrogens (tertiary/aromatic N) is 1. The standard InChI is InChI=1S/C27H17BrN2O2/c28-20-10-12-23-21(16-20)25(18-5-2-1-3-6-18)26(27(32)30-23)24(31)13-9-17-8-11-22-19(15-17)7-4-14-29-22/h1-16H,(H,30,32). The van der Waals surface area contributed by atoms with Crippen LogP contribution < -0.4 is 5.56 Å². The molecule has 0 spiro atoms. The number of halogens is 1. The number of carbonyl (C=O) groups is 1. The van der Waals surface area contributed by atoms with Crippen LogP contribution in [0, 0.1) is 0 Å². The van der Waals surface area contributed by atoms with Gasteiger partial charge in [0.25, 0.3) is 5.56 Å². The van der Waals surface area contributed by atoms with Gasteiger partial charge in [-0.3, -0.25) is 14.6 Å². The van der Waals surface area contributed by atoms with Crippen LogP contribution in [0.3, 0.4) is 0 Å². The van der Waals surface area contributed by atoms with Crippen molar-refractivity contribution in [2.75, 3.05) is 0 Å². The van der Waals surface area contributed by atoms with Crippen LogP contribution in [-0.2, 0) is 0 Å². The van der Waals surface area contributed by atoms with E-state index < -0.39 is 5.56 Å². The number of carbonyl (C=O) groups excluding carboxylic acids is 1. The van der Waals surface area contributed by atoms with Gasteiger partial charge in [0, 0.05) is 32.5 Å². The predicted molar refractivity (Wildman–Crippen MR) is 133 cm³/mol. The number of ketones is 1. The SMILES string of the molecule is O=C(C=Cc1ccc2ncccc2c1)c1c(-c2ccccc2)c2cc(Br)ccc2[nH]c1=O. The number of nitrogens with one attached hydrogen (secondary N) is 1. The highest BCUT2D eigenvalue weighted by molar-refractivity contribution is 9.10. The van der Waals surface area contributed by atoms with E-state index in [4.69, 9.17) is 0 Å². The van der Waals surface area contributed by atoms with Crippen LogP contribution in [0.4, 0.5) is 0 Å². The first kappa shape index (κ1) is 20.1. The zero-order chi connectivity index (χ0) is 22.1. The zero-order valence-electron chi connectivity index (χ0n) is 16.9. The largest absolute Gasteiger partial charge is 0.321 e. The summed E-state index contributed by atoms with van der Waals surface area (Å²) in [6, 6.07) is 24.8. The minimum absolute atomic E-state index is 0.125. The smallest absolute Gasteiger partial charge is 0.260 e. The average Bonchev–Trinajstić information content (AvgIpc) is 2.82. The Balaban J connectivity index is 1.65. The minimum Gasteiger partial charge on any atom is -0.321 e. The van der Waals surface area contributed by atoms with E-state index in [0.29, 0.717) is 11.1 Å². The second kappa shape index (κ2) is 8.36. The monoisotopic (exact) mass is 480 g/mol. The Bertz CT molecular complexity index is 1570. The lowest BCUT2D eigenvalue weighted by atomic mass is 9.94. The first-order chi connectivity index (χ1) is 15.6. The van der Waals surface area contributed by atoms with Gasteiger partial charge in [0.05, 0.1) is 11.1 Å². The Kier molecular flexibility index (Phi) is 5.25. The van der Waals surface area contributed by atoms with E-state index in [1.165, 1.54) is 6.08 Å². The van der Waals surface area contributed by atoms with Gasteiger partial charge in [-0.1, -0.05) is 64.5 Å². The lowest BCUT2D eigenvalue weighted by molar-refractivity contribution is 0.104. The summed E-state index contributed by atoms with van der Waals surface area (Å²) >= 11 is 3.50. The van der Waals surface area contributed by atoms with E-state index in [-0.39, 0.29) is 11.3 Å². The van der Waals surface area contributed by atoms with E-state index in [1.807, 2.05) is 78.9 Å². The summed E-state index contributed by atoms with van der Waals surface area (Å²) < 4.78 is 0.868. The summed E-state index contributed by atoms with van der Waals surface area (Å²) in [6.07, 6.45) is 4.93. The van der Waals surface area contributed by atoms with Crippen molar-refractivity contribution in [1.29, 1.82) is 0 Å². The molecular formula is C27H17BrN2O2. The van der Waals surface area contributed by atoms with Gasteiger partial charge < -0.3 is 4.98 Å². The van der Waals surface area contributed by atoms with Crippen LogP contribution in [0.2, 0.25) is 0 Å². The molecule has 154 valence electrons. The van der Waals surface area contributed by atoms with E-state index in [0.717, 1.165) is 31.9 Å². The summed E-state index contributed by atoms with van der Waals surface area (Å²) in [6.45, 7) is 0. The Hall–Kier alpha value is -3.83. The first-order valence-corrected chi connectivity index (χ1v) is 10.9. The summed E-state index contributed by atoms with van der Waals surface area (Å²) in [7, 11) is 0. The second-order valence-electron chi connectivity index (χ2n) is 7.41. The molecule has 2 heterocycles. The second-order valence-corrected chi connectivity index (χ2v) is 8.33. The zero-order valence-corrected chi connectivity index (χ0v) is 18.5. The van der Waals surface area contributed by atoms with Crippen LogP contribution in [0.1, 0.15) is 15.9 Å². The molecule has 0 fully saturated rings. The fourth-order valence-corrected chi connectivity index (χ4v) is 4.22. The highest BCUT2D eigenvalue weighted by atomic mass is 79.9. The molecule has 32 heavy (non-hydrogen) atoms. The Labute approximate surface area is 192 Å². The number of aromatic nitrogens is 2. The third-order valence-corrected chi connectivity index (χ3v) is 5.83. The number of hydrogen-bond acceptors (Lipinski definition) is 3.